The number of nitrogens with one attached hydrogen (secondary N) is 2. The van der Waals surface area contributed by atoms with E-state index in [1.165, 1.54) is 57.1 Å². The van der Waals surface area contributed by atoms with Crippen LogP contribution in [-0.4, -0.2) is 44.1 Å². The average molecular weight is 878 g/mol. The van der Waals surface area contributed by atoms with Crippen molar-refractivity contribution in [3.63, 3.8) is 0 Å². The van der Waals surface area contributed by atoms with Gasteiger partial charge in [-0.1, -0.05) is 116 Å². The van der Waals surface area contributed by atoms with Gasteiger partial charge in [0.25, 0.3) is 0 Å². The molecule has 2 aromatic carbocycles. The maximum Gasteiger partial charge on any atom is 0.335 e. The van der Waals surface area contributed by atoms with Crippen LogP contribution in [0.2, 0.25) is 0 Å². The van der Waals surface area contributed by atoms with E-state index < -0.39 is 5.97 Å². The molecule has 0 spiro atoms. The van der Waals surface area contributed by atoms with Crippen LogP contribution < -0.4 is 4.90 Å². The van der Waals surface area contributed by atoms with Crippen molar-refractivity contribution in [2.24, 2.45) is 0 Å². The number of carbonyl (C=O) groups is 1. The maximum absolute atomic E-state index is 11.5. The van der Waals surface area contributed by atoms with Crippen molar-refractivity contribution in [3.05, 3.63) is 135 Å². The monoisotopic (exact) mass is 878 g/mol. The standard InChI is InChI=1S/C59H67N5O2/c1-5-9-13-17-41-64(42-18-14-10-6-2)46-29-23-44(24-30-46)26-32-50-57-39-35-53(62-57)47(19-15-11-7-3)51-33-37-55(60-51)49(31-25-43-21-27-45(28-22-43)59(65)66)56-38-34-52(61-56)48(20-16-12-8-4)54-36-40-58(50)63-54/h21-24,27-30,33-40,62-63H,5-20,41-42H2,1-4H3,(H,65,66). The minimum atomic E-state index is -0.963. The second-order valence-electron chi connectivity index (χ2n) is 17.7. The number of fused-ring (bicyclic) bond motifs is 8. The van der Waals surface area contributed by atoms with Crippen LogP contribution in [-0.2, 0) is 12.8 Å². The van der Waals surface area contributed by atoms with Gasteiger partial charge >= 0.3 is 5.97 Å². The number of aromatic amines is 2. The number of hydrogen-bond acceptors (Lipinski definition) is 4. The zero-order chi connectivity index (χ0) is 46.1. The highest BCUT2D eigenvalue weighted by atomic mass is 16.4. The van der Waals surface area contributed by atoms with Gasteiger partial charge in [0, 0.05) is 52.1 Å². The summed E-state index contributed by atoms with van der Waals surface area (Å²) >= 11 is 0. The van der Waals surface area contributed by atoms with Gasteiger partial charge in [0.15, 0.2) is 0 Å². The summed E-state index contributed by atoms with van der Waals surface area (Å²) in [7, 11) is 0. The lowest BCUT2D eigenvalue weighted by molar-refractivity contribution is 0.0697. The fourth-order valence-electron chi connectivity index (χ4n) is 8.77. The zero-order valence-corrected chi connectivity index (χ0v) is 39.7. The first kappa shape index (κ1) is 47.4. The first-order valence-corrected chi connectivity index (χ1v) is 24.7. The van der Waals surface area contributed by atoms with E-state index in [2.05, 4.69) is 139 Å². The first-order valence-electron chi connectivity index (χ1n) is 24.7. The Hall–Kier alpha value is -6.57. The molecule has 0 amide bonds. The number of nitrogens with zero attached hydrogens (tertiary/aromatic N) is 3. The molecule has 0 fully saturated rings. The molecule has 7 rings (SSSR count). The number of hydrogen-bond donors (Lipinski definition) is 3. The van der Waals surface area contributed by atoms with Crippen LogP contribution in [0.3, 0.4) is 0 Å². The summed E-state index contributed by atoms with van der Waals surface area (Å²) in [4.78, 5) is 32.3. The Balaban J connectivity index is 1.38. The Kier molecular flexibility index (Phi) is 17.3. The number of anilines is 1. The van der Waals surface area contributed by atoms with Crippen LogP contribution in [0.5, 0.6) is 0 Å². The number of H-pyrrole nitrogens is 2. The molecule has 5 aromatic rings. The molecular formula is C59H67N5O2. The lowest BCUT2D eigenvalue weighted by Crippen LogP contribution is -2.25. The van der Waals surface area contributed by atoms with E-state index in [4.69, 9.17) is 9.97 Å². The second-order valence-corrected chi connectivity index (χ2v) is 17.7. The van der Waals surface area contributed by atoms with E-state index >= 15 is 0 Å². The minimum Gasteiger partial charge on any atom is -0.478 e. The molecule has 0 unspecified atom stereocenters. The van der Waals surface area contributed by atoms with Crippen LogP contribution >= 0.6 is 0 Å². The van der Waals surface area contributed by atoms with Gasteiger partial charge in [0.1, 0.15) is 0 Å². The molecule has 7 nitrogen and oxygen atoms in total. The van der Waals surface area contributed by atoms with Gasteiger partial charge in [-0.2, -0.15) is 0 Å². The summed E-state index contributed by atoms with van der Waals surface area (Å²) in [6.07, 6.45) is 26.7. The topological polar surface area (TPSA) is 97.9 Å². The fraction of sp³-hybridized carbons (Fsp3) is 0.373. The Morgan fingerprint density at radius 3 is 1.38 bits per heavy atom. The van der Waals surface area contributed by atoms with Crippen molar-refractivity contribution in [1.82, 2.24) is 19.9 Å². The highest BCUT2D eigenvalue weighted by Crippen LogP contribution is 2.29. The molecule has 5 heterocycles. The number of aryl methyl sites for hydroxylation is 2. The van der Waals surface area contributed by atoms with E-state index in [1.54, 1.807) is 24.3 Å². The number of carboxylic acids is 1. The van der Waals surface area contributed by atoms with Crippen molar-refractivity contribution in [1.29, 1.82) is 0 Å². The van der Waals surface area contributed by atoms with Crippen LogP contribution in [0.15, 0.2) is 72.8 Å². The summed E-state index contributed by atoms with van der Waals surface area (Å²) in [6.45, 7) is 11.2. The number of carboxylic acid groups (broad SMARTS) is 1. The van der Waals surface area contributed by atoms with Gasteiger partial charge < -0.3 is 20.0 Å². The van der Waals surface area contributed by atoms with Crippen molar-refractivity contribution >= 4 is 58.0 Å². The molecule has 0 saturated heterocycles. The zero-order valence-electron chi connectivity index (χ0n) is 39.7. The van der Waals surface area contributed by atoms with Gasteiger partial charge in [-0.3, -0.25) is 0 Å². The van der Waals surface area contributed by atoms with Crippen LogP contribution in [0.25, 0.3) is 46.4 Å². The van der Waals surface area contributed by atoms with Crippen molar-refractivity contribution < 1.29 is 9.90 Å². The predicted molar refractivity (Wildman–Crippen MR) is 278 cm³/mol. The molecule has 8 bridgehead atoms. The lowest BCUT2D eigenvalue weighted by Gasteiger charge is -2.25. The molecule has 2 aliphatic rings. The highest BCUT2D eigenvalue weighted by molar-refractivity contribution is 5.88. The Morgan fingerprint density at radius 1 is 0.485 bits per heavy atom. The Morgan fingerprint density at radius 2 is 0.909 bits per heavy atom. The van der Waals surface area contributed by atoms with Crippen molar-refractivity contribution in [2.75, 3.05) is 18.0 Å². The summed E-state index contributed by atoms with van der Waals surface area (Å²) in [6, 6.07) is 24.2. The summed E-state index contributed by atoms with van der Waals surface area (Å²) < 4.78 is 0. The van der Waals surface area contributed by atoms with E-state index in [1.807, 2.05) is 0 Å². The number of rotatable bonds is 20. The summed E-state index contributed by atoms with van der Waals surface area (Å²) in [5, 5.41) is 9.46. The van der Waals surface area contributed by atoms with Crippen molar-refractivity contribution in [3.8, 4) is 23.7 Å². The molecule has 7 heteroatoms. The molecule has 0 aliphatic carbocycles. The Bertz CT molecular complexity index is 2680. The van der Waals surface area contributed by atoms with E-state index in [0.717, 1.165) is 143 Å². The van der Waals surface area contributed by atoms with Crippen LogP contribution in [0.4, 0.5) is 5.69 Å². The van der Waals surface area contributed by atoms with E-state index in [0.29, 0.717) is 0 Å². The SMILES string of the molecule is CCCCCCN(CCCCCC)c1ccc(C#Cc2c3ccc([nH]3)c(CCCCC)c3nc(c(C#Cc4ccc(C(=O)O)cc4)c4nc(c(CCCCC)c5ccc2[nH]5)C=C4)C=C3)cc1. The van der Waals surface area contributed by atoms with Gasteiger partial charge in [-0.05, 0) is 136 Å². The highest BCUT2D eigenvalue weighted by Gasteiger charge is 2.17. The van der Waals surface area contributed by atoms with Gasteiger partial charge in [0.2, 0.25) is 0 Å². The quantitative estimate of drug-likeness (QED) is 0.0523. The number of aromatic nitrogens is 4. The first-order chi connectivity index (χ1) is 32.4. The molecule has 0 radical (unpaired) electrons. The lowest BCUT2D eigenvalue weighted by atomic mass is 10.1. The van der Waals surface area contributed by atoms with Crippen LogP contribution in [0, 0.1) is 23.7 Å². The Labute approximate surface area is 392 Å². The summed E-state index contributed by atoms with van der Waals surface area (Å²) in [5.74, 6) is 13.0. The molecule has 3 N–H and O–H groups in total. The summed E-state index contributed by atoms with van der Waals surface area (Å²) in [5.41, 5.74) is 14.4. The van der Waals surface area contributed by atoms with Gasteiger partial charge in [-0.25, -0.2) is 14.8 Å². The minimum absolute atomic E-state index is 0.227. The van der Waals surface area contributed by atoms with E-state index in [9.17, 15) is 9.90 Å². The molecule has 66 heavy (non-hydrogen) atoms. The molecule has 0 saturated carbocycles. The number of benzene rings is 2. The molecule has 0 atom stereocenters. The normalized spacial score (nSPS) is 11.6. The second kappa shape index (κ2) is 24.1. The third kappa shape index (κ3) is 12.4. The smallest absolute Gasteiger partial charge is 0.335 e. The third-order valence-corrected chi connectivity index (χ3v) is 12.6. The number of unbranched alkanes of at least 4 members (excludes halogenated alkanes) is 10. The maximum atomic E-state index is 11.5. The molecule has 2 aliphatic heterocycles. The average Bonchev–Trinajstić information content (AvgIpc) is 4.19. The van der Waals surface area contributed by atoms with Crippen LogP contribution in [0.1, 0.15) is 184 Å². The fourth-order valence-corrected chi connectivity index (χ4v) is 8.77. The molecule has 3 aromatic heterocycles. The molecular weight excluding hydrogens is 811 g/mol. The van der Waals surface area contributed by atoms with Crippen molar-refractivity contribution in [2.45, 2.75) is 130 Å². The molecule has 340 valence electrons. The van der Waals surface area contributed by atoms with Gasteiger partial charge in [-0.15, -0.1) is 0 Å². The number of aromatic carboxylic acids is 1. The van der Waals surface area contributed by atoms with Gasteiger partial charge in [0.05, 0.1) is 50.5 Å². The predicted octanol–water partition coefficient (Wildman–Crippen LogP) is 14.6. The van der Waals surface area contributed by atoms with E-state index in [-0.39, 0.29) is 5.56 Å². The third-order valence-electron chi connectivity index (χ3n) is 12.6. The largest absolute Gasteiger partial charge is 0.478 e.